The number of fused-ring (bicyclic) bond motifs is 1. The molecule has 1 heterocycles. The van der Waals surface area contributed by atoms with Crippen molar-refractivity contribution in [3.8, 4) is 5.75 Å². The molecule has 0 fully saturated rings. The van der Waals surface area contributed by atoms with Crippen LogP contribution in [0.25, 0.3) is 10.9 Å². The first-order valence-corrected chi connectivity index (χ1v) is 7.85. The van der Waals surface area contributed by atoms with Crippen LogP contribution in [0.2, 0.25) is 0 Å². The predicted octanol–water partition coefficient (Wildman–Crippen LogP) is 3.38. The third-order valence-corrected chi connectivity index (χ3v) is 4.32. The Labute approximate surface area is 145 Å². The number of hydrogen-bond donors (Lipinski definition) is 0. The smallest absolute Gasteiger partial charge is 0.337 e. The van der Waals surface area contributed by atoms with Crippen molar-refractivity contribution < 1.29 is 19.1 Å². The number of aryl methyl sites for hydroxylation is 1. The quantitative estimate of drug-likeness (QED) is 0.529. The highest BCUT2D eigenvalue weighted by atomic mass is 16.5. The van der Waals surface area contributed by atoms with Crippen LogP contribution in [0.15, 0.2) is 42.6 Å². The van der Waals surface area contributed by atoms with Gasteiger partial charge < -0.3 is 14.0 Å². The number of carbonyl (C=O) groups is 2. The minimum absolute atomic E-state index is 0.398. The van der Waals surface area contributed by atoms with Gasteiger partial charge in [-0.25, -0.2) is 4.79 Å². The molecule has 3 aromatic rings. The molecule has 0 aliphatic heterocycles. The molecule has 0 unspecified atom stereocenters. The molecule has 0 atom stereocenters. The van der Waals surface area contributed by atoms with Crippen LogP contribution in [-0.4, -0.2) is 31.0 Å². The summed E-state index contributed by atoms with van der Waals surface area (Å²) in [5.74, 6) is 0.233. The van der Waals surface area contributed by atoms with Crippen LogP contribution in [-0.2, 0) is 18.2 Å². The fraction of sp³-hybridized carbons (Fsp3) is 0.200. The average Bonchev–Trinajstić information content (AvgIpc) is 2.96. The molecule has 0 amide bonds. The second-order valence-corrected chi connectivity index (χ2v) is 5.85. The predicted molar refractivity (Wildman–Crippen MR) is 95.4 cm³/mol. The second-order valence-electron chi connectivity index (χ2n) is 5.85. The first-order chi connectivity index (χ1) is 12.1. The van der Waals surface area contributed by atoms with Crippen LogP contribution < -0.4 is 4.74 Å². The lowest BCUT2D eigenvalue weighted by Gasteiger charge is -2.10. The van der Waals surface area contributed by atoms with Crippen molar-refractivity contribution in [1.29, 1.82) is 0 Å². The van der Waals surface area contributed by atoms with Gasteiger partial charge in [0.15, 0.2) is 0 Å². The third kappa shape index (κ3) is 3.13. The lowest BCUT2D eigenvalue weighted by molar-refractivity contribution is 0.0600. The zero-order chi connectivity index (χ0) is 18.0. The molecule has 0 aliphatic rings. The van der Waals surface area contributed by atoms with Crippen molar-refractivity contribution in [2.24, 2.45) is 7.05 Å². The van der Waals surface area contributed by atoms with Gasteiger partial charge in [-0.2, -0.15) is 0 Å². The molecule has 0 radical (unpaired) electrons. The van der Waals surface area contributed by atoms with E-state index in [1.807, 2.05) is 42.1 Å². The van der Waals surface area contributed by atoms with Gasteiger partial charge in [-0.15, -0.1) is 0 Å². The van der Waals surface area contributed by atoms with Gasteiger partial charge in [-0.1, -0.05) is 6.07 Å². The molecule has 0 aliphatic carbocycles. The van der Waals surface area contributed by atoms with Crippen LogP contribution in [0.3, 0.4) is 0 Å². The Morgan fingerprint density at radius 2 is 1.92 bits per heavy atom. The normalized spacial score (nSPS) is 10.7. The highest BCUT2D eigenvalue weighted by molar-refractivity contribution is 5.91. The minimum atomic E-state index is -0.398. The van der Waals surface area contributed by atoms with Gasteiger partial charge in [0.05, 0.1) is 19.8 Å². The van der Waals surface area contributed by atoms with E-state index in [9.17, 15) is 9.59 Å². The van der Waals surface area contributed by atoms with E-state index >= 15 is 0 Å². The van der Waals surface area contributed by atoms with Crippen LogP contribution in [0.5, 0.6) is 5.75 Å². The lowest BCUT2D eigenvalue weighted by Crippen LogP contribution is -2.03. The summed E-state index contributed by atoms with van der Waals surface area (Å²) in [4.78, 5) is 22.8. The molecule has 5 nitrogen and oxygen atoms in total. The average molecular weight is 337 g/mol. The van der Waals surface area contributed by atoms with Gasteiger partial charge in [-0.3, -0.25) is 4.79 Å². The van der Waals surface area contributed by atoms with E-state index in [-0.39, 0.29) is 0 Å². The molecule has 2 aromatic carbocycles. The van der Waals surface area contributed by atoms with Crippen molar-refractivity contribution in [2.75, 3.05) is 14.2 Å². The van der Waals surface area contributed by atoms with E-state index in [0.29, 0.717) is 23.3 Å². The molecule has 0 saturated carbocycles. The van der Waals surface area contributed by atoms with E-state index in [4.69, 9.17) is 9.47 Å². The fourth-order valence-corrected chi connectivity index (χ4v) is 3.05. The summed E-state index contributed by atoms with van der Waals surface area (Å²) in [6, 6.07) is 10.9. The number of nitrogens with zero attached hydrogens (tertiary/aromatic N) is 1. The number of rotatable bonds is 5. The number of benzene rings is 2. The second kappa shape index (κ2) is 6.81. The van der Waals surface area contributed by atoms with E-state index in [1.165, 1.54) is 7.11 Å². The highest BCUT2D eigenvalue weighted by Gasteiger charge is 2.14. The Hall–Kier alpha value is -3.08. The van der Waals surface area contributed by atoms with Crippen molar-refractivity contribution in [3.05, 3.63) is 64.8 Å². The van der Waals surface area contributed by atoms with Crippen molar-refractivity contribution in [3.63, 3.8) is 0 Å². The Kier molecular flexibility index (Phi) is 4.57. The van der Waals surface area contributed by atoms with Gasteiger partial charge in [0.1, 0.15) is 12.0 Å². The number of esters is 1. The minimum Gasteiger partial charge on any atom is -0.496 e. The van der Waals surface area contributed by atoms with Gasteiger partial charge in [-0.05, 0) is 41.5 Å². The molecule has 1 aromatic heterocycles. The number of carbonyl (C=O) groups excluding carboxylic acids is 2. The summed E-state index contributed by atoms with van der Waals surface area (Å²) in [5, 5.41) is 1.03. The SMILES string of the molecule is COC(=O)c1ccc(Cc2cn(C)c3ccc(C=O)cc23)c(OC)c1. The first-order valence-electron chi connectivity index (χ1n) is 7.85. The van der Waals surface area contributed by atoms with Crippen molar-refractivity contribution in [2.45, 2.75) is 6.42 Å². The van der Waals surface area contributed by atoms with Crippen LogP contribution in [0.1, 0.15) is 31.8 Å². The summed E-state index contributed by atoms with van der Waals surface area (Å²) < 4.78 is 12.2. The van der Waals surface area contributed by atoms with E-state index in [1.54, 1.807) is 19.2 Å². The van der Waals surface area contributed by atoms with Gasteiger partial charge >= 0.3 is 5.97 Å². The van der Waals surface area contributed by atoms with Crippen molar-refractivity contribution in [1.82, 2.24) is 4.57 Å². The highest BCUT2D eigenvalue weighted by Crippen LogP contribution is 2.28. The van der Waals surface area contributed by atoms with Gasteiger partial charge in [0, 0.05) is 36.1 Å². The number of ether oxygens (including phenoxy) is 2. The molecule has 25 heavy (non-hydrogen) atoms. The Morgan fingerprint density at radius 1 is 1.12 bits per heavy atom. The molecule has 0 N–H and O–H groups in total. The zero-order valence-corrected chi connectivity index (χ0v) is 14.4. The molecular weight excluding hydrogens is 318 g/mol. The molecular formula is C20H19NO4. The summed E-state index contributed by atoms with van der Waals surface area (Å²) in [6.45, 7) is 0. The van der Waals surface area contributed by atoms with E-state index in [2.05, 4.69) is 0 Å². The third-order valence-electron chi connectivity index (χ3n) is 4.32. The standard InChI is InChI=1S/C20H19NO4/c1-21-11-16(17-8-13(12-22)4-7-18(17)21)9-14-5-6-15(20(23)25-3)10-19(14)24-2/h4-8,10-12H,9H2,1-3H3. The number of aromatic nitrogens is 1. The molecule has 0 spiro atoms. The maximum Gasteiger partial charge on any atom is 0.337 e. The monoisotopic (exact) mass is 337 g/mol. The largest absolute Gasteiger partial charge is 0.496 e. The van der Waals surface area contributed by atoms with Crippen LogP contribution >= 0.6 is 0 Å². The number of methoxy groups -OCH3 is 2. The number of aldehydes is 1. The van der Waals surface area contributed by atoms with E-state index in [0.717, 1.165) is 28.3 Å². The maximum absolute atomic E-state index is 11.7. The zero-order valence-electron chi connectivity index (χ0n) is 14.4. The summed E-state index contributed by atoms with van der Waals surface area (Å²) in [6.07, 6.45) is 3.53. The molecule has 0 bridgehead atoms. The van der Waals surface area contributed by atoms with Crippen LogP contribution in [0, 0.1) is 0 Å². The molecule has 128 valence electrons. The molecule has 0 saturated heterocycles. The summed E-state index contributed by atoms with van der Waals surface area (Å²) in [5.41, 5.74) is 4.20. The molecule has 3 rings (SSSR count). The maximum atomic E-state index is 11.7. The van der Waals surface area contributed by atoms with E-state index < -0.39 is 5.97 Å². The Balaban J connectivity index is 2.03. The lowest BCUT2D eigenvalue weighted by atomic mass is 10.0. The fourth-order valence-electron chi connectivity index (χ4n) is 3.05. The summed E-state index contributed by atoms with van der Waals surface area (Å²) >= 11 is 0. The molecule has 5 heteroatoms. The topological polar surface area (TPSA) is 57.5 Å². The van der Waals surface area contributed by atoms with Gasteiger partial charge in [0.25, 0.3) is 0 Å². The van der Waals surface area contributed by atoms with Crippen molar-refractivity contribution >= 4 is 23.2 Å². The first kappa shape index (κ1) is 16.8. The Morgan fingerprint density at radius 3 is 2.60 bits per heavy atom. The van der Waals surface area contributed by atoms with Crippen LogP contribution in [0.4, 0.5) is 0 Å². The number of hydrogen-bond acceptors (Lipinski definition) is 4. The van der Waals surface area contributed by atoms with Gasteiger partial charge in [0.2, 0.25) is 0 Å². The summed E-state index contributed by atoms with van der Waals surface area (Å²) in [7, 11) is 4.90. The Bertz CT molecular complexity index is 956.